The summed E-state index contributed by atoms with van der Waals surface area (Å²) in [4.78, 5) is 10.1. The topological polar surface area (TPSA) is 35.6 Å². The van der Waals surface area contributed by atoms with Crippen molar-refractivity contribution in [2.45, 2.75) is 12.8 Å². The van der Waals surface area contributed by atoms with Crippen molar-refractivity contribution >= 4 is 38.8 Å². The lowest BCUT2D eigenvalue weighted by Gasteiger charge is -2.18. The molecule has 7 aromatic carbocycles. The average molecular weight is 717 g/mol. The first-order chi connectivity index (χ1) is 27.8. The van der Waals surface area contributed by atoms with Gasteiger partial charge in [0.15, 0.2) is 5.82 Å². The molecular weight excluding hydrogens is 681 g/mol. The van der Waals surface area contributed by atoms with Gasteiger partial charge in [0.2, 0.25) is 0 Å². The molecule has 3 heterocycles. The van der Waals surface area contributed by atoms with E-state index in [4.69, 9.17) is 9.97 Å². The maximum absolute atomic E-state index is 5.10. The second-order valence-electron chi connectivity index (χ2n) is 14.5. The zero-order chi connectivity index (χ0) is 37.0. The van der Waals surface area contributed by atoms with E-state index in [1.54, 1.807) is 0 Å². The minimum atomic E-state index is 0.715. The number of nitrogens with zero attached hydrogens (tertiary/aromatic N) is 4. The lowest BCUT2D eigenvalue weighted by atomic mass is 10.00. The fraction of sp³-hybridized carbons (Fsp3) is 0.0385. The standard InChI is InChI=1S/C52H36N4/c1-3-15-36(16-4-1)46-34-47(54-52(53-46)38-17-5-2-6-18-38)37-29-27-35(28-30-37)39-31-40(55-48-23-11-7-19-42(48)43-20-8-12-24-49(43)55)33-41(32-39)56-50-25-13-9-21-44(50)45-22-10-14-26-51(45)56/h1-13,15-25,27-34H,14,26H2. The van der Waals surface area contributed by atoms with Crippen LogP contribution in [0.2, 0.25) is 0 Å². The molecule has 4 nitrogen and oxygen atoms in total. The van der Waals surface area contributed by atoms with E-state index < -0.39 is 0 Å². The highest BCUT2D eigenvalue weighted by Crippen LogP contribution is 2.39. The Morgan fingerprint density at radius 2 is 0.893 bits per heavy atom. The van der Waals surface area contributed by atoms with E-state index in [1.165, 1.54) is 44.0 Å². The average Bonchev–Trinajstić information content (AvgIpc) is 3.80. The first kappa shape index (κ1) is 32.2. The summed E-state index contributed by atoms with van der Waals surface area (Å²) in [5.41, 5.74) is 15.8. The number of rotatable bonds is 6. The smallest absolute Gasteiger partial charge is 0.160 e. The molecule has 0 saturated carbocycles. The molecule has 56 heavy (non-hydrogen) atoms. The van der Waals surface area contributed by atoms with Crippen molar-refractivity contribution in [3.63, 3.8) is 0 Å². The first-order valence-electron chi connectivity index (χ1n) is 19.3. The summed E-state index contributed by atoms with van der Waals surface area (Å²) < 4.78 is 4.93. The second-order valence-corrected chi connectivity index (χ2v) is 14.5. The predicted molar refractivity (Wildman–Crippen MR) is 232 cm³/mol. The third-order valence-corrected chi connectivity index (χ3v) is 11.2. The fourth-order valence-electron chi connectivity index (χ4n) is 8.59. The zero-order valence-corrected chi connectivity index (χ0v) is 30.7. The molecule has 0 aliphatic heterocycles. The van der Waals surface area contributed by atoms with Crippen LogP contribution in [0.25, 0.3) is 95.2 Å². The Kier molecular flexibility index (Phi) is 7.59. The lowest BCUT2D eigenvalue weighted by Crippen LogP contribution is -2.05. The van der Waals surface area contributed by atoms with Gasteiger partial charge in [-0.2, -0.15) is 0 Å². The van der Waals surface area contributed by atoms with Gasteiger partial charge in [-0.15, -0.1) is 0 Å². The first-order valence-corrected chi connectivity index (χ1v) is 19.3. The normalized spacial score (nSPS) is 12.4. The van der Waals surface area contributed by atoms with Gasteiger partial charge in [0.1, 0.15) is 0 Å². The second kappa shape index (κ2) is 13.2. The van der Waals surface area contributed by atoms with Crippen LogP contribution in [-0.2, 0) is 6.42 Å². The van der Waals surface area contributed by atoms with Crippen molar-refractivity contribution in [3.05, 3.63) is 199 Å². The Morgan fingerprint density at radius 3 is 1.54 bits per heavy atom. The Morgan fingerprint density at radius 1 is 0.393 bits per heavy atom. The van der Waals surface area contributed by atoms with Crippen LogP contribution >= 0.6 is 0 Å². The van der Waals surface area contributed by atoms with Crippen LogP contribution in [0.15, 0.2) is 188 Å². The van der Waals surface area contributed by atoms with Gasteiger partial charge in [0, 0.05) is 55.5 Å². The lowest BCUT2D eigenvalue weighted by molar-refractivity contribution is 0.888. The monoisotopic (exact) mass is 716 g/mol. The Labute approximate surface area is 325 Å². The maximum atomic E-state index is 5.10. The van der Waals surface area contributed by atoms with Gasteiger partial charge in [-0.05, 0) is 66.4 Å². The summed E-state index contributed by atoms with van der Waals surface area (Å²) in [6.07, 6.45) is 6.65. The Hall–Kier alpha value is -7.30. The number of para-hydroxylation sites is 3. The van der Waals surface area contributed by atoms with Gasteiger partial charge in [0.25, 0.3) is 0 Å². The molecule has 0 spiro atoms. The molecule has 0 bridgehead atoms. The number of hydrogen-bond acceptors (Lipinski definition) is 2. The molecule has 0 unspecified atom stereocenters. The fourth-order valence-corrected chi connectivity index (χ4v) is 8.59. The van der Waals surface area contributed by atoms with E-state index in [-0.39, 0.29) is 0 Å². The van der Waals surface area contributed by atoms with Gasteiger partial charge >= 0.3 is 0 Å². The van der Waals surface area contributed by atoms with Crippen molar-refractivity contribution in [1.29, 1.82) is 0 Å². The largest absolute Gasteiger partial charge is 0.313 e. The molecular formula is C52H36N4. The highest BCUT2D eigenvalue weighted by Gasteiger charge is 2.21. The summed E-state index contributed by atoms with van der Waals surface area (Å²) in [6.45, 7) is 0. The molecule has 0 radical (unpaired) electrons. The molecule has 1 aliphatic rings. The SMILES string of the molecule is C1=Cc2c(n(-c3cc(-c4ccc(-c5cc(-c6ccccc6)nc(-c6ccccc6)n5)cc4)cc(-n4c5ccccc5c5ccccc54)c3)c3ccccc23)CC1. The van der Waals surface area contributed by atoms with Crippen molar-refractivity contribution in [1.82, 2.24) is 19.1 Å². The van der Waals surface area contributed by atoms with Gasteiger partial charge in [-0.1, -0.05) is 152 Å². The van der Waals surface area contributed by atoms with E-state index in [0.717, 1.165) is 63.4 Å². The highest BCUT2D eigenvalue weighted by atomic mass is 15.0. The number of aromatic nitrogens is 4. The van der Waals surface area contributed by atoms with E-state index in [9.17, 15) is 0 Å². The number of allylic oxidation sites excluding steroid dienone is 1. The third-order valence-electron chi connectivity index (χ3n) is 11.2. The molecule has 0 amide bonds. The van der Waals surface area contributed by atoms with Crippen LogP contribution in [0.3, 0.4) is 0 Å². The minimum Gasteiger partial charge on any atom is -0.313 e. The zero-order valence-electron chi connectivity index (χ0n) is 30.7. The van der Waals surface area contributed by atoms with Crippen molar-refractivity contribution in [2.75, 3.05) is 0 Å². The maximum Gasteiger partial charge on any atom is 0.160 e. The van der Waals surface area contributed by atoms with E-state index >= 15 is 0 Å². The van der Waals surface area contributed by atoms with E-state index in [1.807, 2.05) is 24.3 Å². The molecule has 0 N–H and O–H groups in total. The summed E-state index contributed by atoms with van der Waals surface area (Å²) in [5, 5.41) is 3.80. The van der Waals surface area contributed by atoms with Gasteiger partial charge in [-0.25, -0.2) is 9.97 Å². The van der Waals surface area contributed by atoms with E-state index in [2.05, 4.69) is 179 Å². The summed E-state index contributed by atoms with van der Waals surface area (Å²) in [6, 6.07) is 65.0. The van der Waals surface area contributed by atoms with E-state index in [0.29, 0.717) is 5.82 Å². The molecule has 10 aromatic rings. The van der Waals surface area contributed by atoms with Crippen LogP contribution in [0.1, 0.15) is 17.7 Å². The highest BCUT2D eigenvalue weighted by molar-refractivity contribution is 6.09. The van der Waals surface area contributed by atoms with Crippen LogP contribution in [-0.4, -0.2) is 19.1 Å². The summed E-state index contributed by atoms with van der Waals surface area (Å²) in [7, 11) is 0. The van der Waals surface area contributed by atoms with Gasteiger partial charge in [0.05, 0.1) is 27.9 Å². The molecule has 0 atom stereocenters. The molecule has 1 aliphatic carbocycles. The van der Waals surface area contributed by atoms with Crippen LogP contribution < -0.4 is 0 Å². The Bertz CT molecular complexity index is 3000. The van der Waals surface area contributed by atoms with Crippen molar-refractivity contribution in [2.24, 2.45) is 0 Å². The molecule has 264 valence electrons. The quantitative estimate of drug-likeness (QED) is 0.172. The molecule has 11 rings (SSSR count). The van der Waals surface area contributed by atoms with Crippen molar-refractivity contribution < 1.29 is 0 Å². The molecule has 3 aromatic heterocycles. The Balaban J connectivity index is 1.10. The molecule has 0 fully saturated rings. The van der Waals surface area contributed by atoms with Gasteiger partial charge in [-0.3, -0.25) is 0 Å². The predicted octanol–water partition coefficient (Wildman–Crippen LogP) is 13.1. The summed E-state index contributed by atoms with van der Waals surface area (Å²) >= 11 is 0. The number of fused-ring (bicyclic) bond motifs is 6. The van der Waals surface area contributed by atoms with Crippen molar-refractivity contribution in [3.8, 4) is 56.4 Å². The summed E-state index contributed by atoms with van der Waals surface area (Å²) in [5.74, 6) is 0.715. The number of hydrogen-bond donors (Lipinski definition) is 0. The van der Waals surface area contributed by atoms with Crippen LogP contribution in [0.5, 0.6) is 0 Å². The minimum absolute atomic E-state index is 0.715. The van der Waals surface area contributed by atoms with Crippen LogP contribution in [0.4, 0.5) is 0 Å². The van der Waals surface area contributed by atoms with Crippen LogP contribution in [0, 0.1) is 0 Å². The number of benzene rings is 7. The third kappa shape index (κ3) is 5.38. The van der Waals surface area contributed by atoms with Gasteiger partial charge < -0.3 is 9.13 Å². The molecule has 4 heteroatoms. The molecule has 0 saturated heterocycles.